The highest BCUT2D eigenvalue weighted by Crippen LogP contribution is 2.31. The number of rotatable bonds is 9. The van der Waals surface area contributed by atoms with Crippen LogP contribution in [0.25, 0.3) is 0 Å². The van der Waals surface area contributed by atoms with Gasteiger partial charge in [0, 0.05) is 38.4 Å². The van der Waals surface area contributed by atoms with Gasteiger partial charge in [0.1, 0.15) is 17.2 Å². The average molecular weight is 428 g/mol. The van der Waals surface area contributed by atoms with Crippen LogP contribution in [-0.2, 0) is 11.2 Å². The number of hydrogen-bond acceptors (Lipinski definition) is 8. The third-order valence-corrected chi connectivity index (χ3v) is 5.52. The number of carbonyl (C=O) groups excluding carboxylic acids is 1. The summed E-state index contributed by atoms with van der Waals surface area (Å²) in [7, 11) is 5.82. The predicted molar refractivity (Wildman–Crippen MR) is 119 cm³/mol. The van der Waals surface area contributed by atoms with Gasteiger partial charge in [0.2, 0.25) is 0 Å². The second-order valence-electron chi connectivity index (χ2n) is 7.96. The number of nitrogens with zero attached hydrogens (tertiary/aromatic N) is 4. The lowest BCUT2D eigenvalue weighted by molar-refractivity contribution is -0.384. The van der Waals surface area contributed by atoms with E-state index in [0.29, 0.717) is 35.5 Å². The van der Waals surface area contributed by atoms with Gasteiger partial charge in [-0.25, -0.2) is 0 Å². The van der Waals surface area contributed by atoms with E-state index in [0.717, 1.165) is 25.9 Å². The lowest BCUT2D eigenvalue weighted by atomic mass is 10.0. The number of nitrogens with one attached hydrogen (secondary N) is 1. The first-order valence-corrected chi connectivity index (χ1v) is 10.3. The zero-order valence-corrected chi connectivity index (χ0v) is 18.2. The normalized spacial score (nSPS) is 15.1. The van der Waals surface area contributed by atoms with Crippen LogP contribution >= 0.6 is 0 Å². The monoisotopic (exact) mass is 427 g/mol. The molecule has 1 saturated heterocycles. The first kappa shape index (κ1) is 22.6. The molecule has 1 aliphatic rings. The number of carbonyl (C=O) groups is 1. The van der Waals surface area contributed by atoms with Gasteiger partial charge in [0.25, 0.3) is 5.69 Å². The molecular formula is C22H29N5O4. The van der Waals surface area contributed by atoms with E-state index in [9.17, 15) is 14.9 Å². The van der Waals surface area contributed by atoms with Crippen LogP contribution in [0, 0.1) is 10.1 Å². The fourth-order valence-electron chi connectivity index (χ4n) is 3.79. The fourth-order valence-corrected chi connectivity index (χ4v) is 3.79. The van der Waals surface area contributed by atoms with Crippen molar-refractivity contribution in [2.75, 3.05) is 46.1 Å². The van der Waals surface area contributed by atoms with Crippen molar-refractivity contribution in [3.8, 4) is 11.5 Å². The van der Waals surface area contributed by atoms with E-state index in [1.54, 1.807) is 37.5 Å². The number of pyridine rings is 1. The van der Waals surface area contributed by atoms with E-state index >= 15 is 0 Å². The molecule has 0 aliphatic carbocycles. The van der Waals surface area contributed by atoms with Gasteiger partial charge < -0.3 is 15.0 Å². The summed E-state index contributed by atoms with van der Waals surface area (Å²) >= 11 is 0. The SMILES string of the molecule is CNc1ccc(Oc2ccnc(CC(=O)CN3CCC(N(C)C)CC3)c2)cc1[N+](=O)[O-]. The quantitative estimate of drug-likeness (QED) is 0.482. The molecule has 2 heterocycles. The predicted octanol–water partition coefficient (Wildman–Crippen LogP) is 2.96. The van der Waals surface area contributed by atoms with Crippen molar-refractivity contribution in [3.05, 3.63) is 52.3 Å². The smallest absolute Gasteiger partial charge is 0.296 e. The van der Waals surface area contributed by atoms with Crippen molar-refractivity contribution >= 4 is 17.2 Å². The maximum atomic E-state index is 12.5. The average Bonchev–Trinajstić information content (AvgIpc) is 2.74. The molecular weight excluding hydrogens is 398 g/mol. The molecule has 1 aromatic carbocycles. The van der Waals surface area contributed by atoms with Gasteiger partial charge >= 0.3 is 0 Å². The number of benzene rings is 1. The number of nitro groups is 1. The minimum Gasteiger partial charge on any atom is -0.457 e. The maximum Gasteiger partial charge on any atom is 0.296 e. The maximum absolute atomic E-state index is 12.5. The van der Waals surface area contributed by atoms with Crippen LogP contribution in [0.1, 0.15) is 18.5 Å². The molecule has 1 aliphatic heterocycles. The van der Waals surface area contributed by atoms with E-state index in [1.807, 2.05) is 0 Å². The van der Waals surface area contributed by atoms with E-state index in [2.05, 4.69) is 34.2 Å². The van der Waals surface area contributed by atoms with Gasteiger partial charge in [-0.05, 0) is 45.1 Å². The summed E-state index contributed by atoms with van der Waals surface area (Å²) in [6, 6.07) is 8.57. The van der Waals surface area contributed by atoms with Crippen molar-refractivity contribution in [2.45, 2.75) is 25.3 Å². The van der Waals surface area contributed by atoms with Gasteiger partial charge in [0.15, 0.2) is 5.78 Å². The summed E-state index contributed by atoms with van der Waals surface area (Å²) in [5, 5.41) is 14.0. The Morgan fingerprint density at radius 1 is 1.26 bits per heavy atom. The molecule has 9 heteroatoms. The summed E-state index contributed by atoms with van der Waals surface area (Å²) in [6.45, 7) is 2.27. The van der Waals surface area contributed by atoms with Gasteiger partial charge in [-0.3, -0.25) is 24.8 Å². The van der Waals surface area contributed by atoms with Gasteiger partial charge in [-0.1, -0.05) is 0 Å². The minimum absolute atomic E-state index is 0.0671. The summed E-state index contributed by atoms with van der Waals surface area (Å²) in [4.78, 5) is 32.0. The van der Waals surface area contributed by atoms with Crippen LogP contribution in [0.3, 0.4) is 0 Å². The van der Waals surface area contributed by atoms with Gasteiger partial charge in [-0.15, -0.1) is 0 Å². The lowest BCUT2D eigenvalue weighted by Crippen LogP contribution is -2.43. The van der Waals surface area contributed by atoms with E-state index in [1.165, 1.54) is 6.07 Å². The van der Waals surface area contributed by atoms with E-state index in [-0.39, 0.29) is 17.9 Å². The molecule has 166 valence electrons. The number of Topliss-reactive ketones (excluding diaryl/α,β-unsaturated/α-hetero) is 1. The van der Waals surface area contributed by atoms with Crippen LogP contribution in [0.5, 0.6) is 11.5 Å². The fraction of sp³-hybridized carbons (Fsp3) is 0.455. The number of piperidine rings is 1. The van der Waals surface area contributed by atoms with Gasteiger partial charge in [-0.2, -0.15) is 0 Å². The number of nitro benzene ring substituents is 1. The van der Waals surface area contributed by atoms with Crippen molar-refractivity contribution < 1.29 is 14.5 Å². The highest BCUT2D eigenvalue weighted by molar-refractivity contribution is 5.82. The lowest BCUT2D eigenvalue weighted by Gasteiger charge is -2.34. The molecule has 0 spiro atoms. The van der Waals surface area contributed by atoms with Crippen molar-refractivity contribution in [1.29, 1.82) is 0 Å². The zero-order valence-electron chi connectivity index (χ0n) is 18.2. The molecule has 0 amide bonds. The first-order valence-electron chi connectivity index (χ1n) is 10.3. The highest BCUT2D eigenvalue weighted by Gasteiger charge is 2.22. The number of ketones is 1. The summed E-state index contributed by atoms with van der Waals surface area (Å²) in [5.41, 5.74) is 0.961. The van der Waals surface area contributed by atoms with Gasteiger partial charge in [0.05, 0.1) is 29.6 Å². The second kappa shape index (κ2) is 10.3. The Bertz CT molecular complexity index is 926. The Balaban J connectivity index is 1.59. The number of hydrogen-bond donors (Lipinski definition) is 1. The van der Waals surface area contributed by atoms with Crippen LogP contribution in [-0.4, -0.2) is 72.3 Å². The van der Waals surface area contributed by atoms with Crippen LogP contribution in [0.2, 0.25) is 0 Å². The molecule has 0 saturated carbocycles. The number of anilines is 1. The third kappa shape index (κ3) is 6.22. The minimum atomic E-state index is -0.462. The van der Waals surface area contributed by atoms with Crippen molar-refractivity contribution in [2.24, 2.45) is 0 Å². The molecule has 0 atom stereocenters. The largest absolute Gasteiger partial charge is 0.457 e. The van der Waals surface area contributed by atoms with Crippen LogP contribution in [0.4, 0.5) is 11.4 Å². The zero-order chi connectivity index (χ0) is 22.4. The molecule has 1 aromatic heterocycles. The Kier molecular flexibility index (Phi) is 7.54. The second-order valence-corrected chi connectivity index (χ2v) is 7.96. The summed E-state index contributed by atoms with van der Waals surface area (Å²) in [6.07, 6.45) is 3.95. The molecule has 3 rings (SSSR count). The summed E-state index contributed by atoms with van der Waals surface area (Å²) < 4.78 is 5.78. The molecule has 31 heavy (non-hydrogen) atoms. The number of ether oxygens (including phenoxy) is 1. The Morgan fingerprint density at radius 2 is 1.97 bits per heavy atom. The molecule has 0 unspecified atom stereocenters. The standard InChI is InChI=1S/C22H29N5O4/c1-23-21-5-4-19(14-22(21)27(29)30)31-20-6-9-24-16(13-20)12-18(28)15-26-10-7-17(8-11-26)25(2)3/h4-6,9,13-14,17,23H,7-8,10-12,15H2,1-3H3. The number of aromatic nitrogens is 1. The molecule has 0 bridgehead atoms. The summed E-state index contributed by atoms with van der Waals surface area (Å²) in [5.74, 6) is 0.941. The Labute approximate surface area is 182 Å². The topological polar surface area (TPSA) is 101 Å². The van der Waals surface area contributed by atoms with E-state index < -0.39 is 4.92 Å². The van der Waals surface area contributed by atoms with Crippen LogP contribution in [0.15, 0.2) is 36.5 Å². The Hall–Kier alpha value is -3.04. The molecule has 1 N–H and O–H groups in total. The van der Waals surface area contributed by atoms with Crippen LogP contribution < -0.4 is 10.1 Å². The number of likely N-dealkylation sites (tertiary alicyclic amines) is 1. The Morgan fingerprint density at radius 3 is 2.61 bits per heavy atom. The van der Waals surface area contributed by atoms with Crippen molar-refractivity contribution in [1.82, 2.24) is 14.8 Å². The third-order valence-electron chi connectivity index (χ3n) is 5.52. The molecule has 1 fully saturated rings. The van der Waals surface area contributed by atoms with Crippen molar-refractivity contribution in [3.63, 3.8) is 0 Å². The first-order chi connectivity index (χ1) is 14.9. The molecule has 0 radical (unpaired) electrons. The highest BCUT2D eigenvalue weighted by atomic mass is 16.6. The molecule has 9 nitrogen and oxygen atoms in total. The molecule has 2 aromatic rings. The van der Waals surface area contributed by atoms with E-state index in [4.69, 9.17) is 4.74 Å².